The van der Waals surface area contributed by atoms with Gasteiger partial charge in [0.2, 0.25) is 0 Å². The van der Waals surface area contributed by atoms with Gasteiger partial charge in [0.15, 0.2) is 6.10 Å². The van der Waals surface area contributed by atoms with E-state index in [9.17, 15) is 14.4 Å². The summed E-state index contributed by atoms with van der Waals surface area (Å²) in [6.07, 6.45) is 81.6. The van der Waals surface area contributed by atoms with Gasteiger partial charge in [-0.2, -0.15) is 0 Å². The van der Waals surface area contributed by atoms with Crippen molar-refractivity contribution in [2.75, 3.05) is 13.2 Å². The molecule has 470 valence electrons. The SMILES string of the molecule is CCCCCCCCCCCCCCCCCCCCCCCCCCCCC(=O)OCC(COC(=O)CCCCCCCCCCCC)OC(=O)CCCCCCCCCCCCCCCCCCCCCCCCCCC. The Bertz CT molecular complexity index is 1190. The van der Waals surface area contributed by atoms with E-state index in [1.165, 1.54) is 334 Å². The highest BCUT2D eigenvalue weighted by atomic mass is 16.6. The summed E-state index contributed by atoms with van der Waals surface area (Å²) in [5.74, 6) is -0.823. The van der Waals surface area contributed by atoms with Crippen molar-refractivity contribution in [1.29, 1.82) is 0 Å². The second kappa shape index (κ2) is 68.9. The molecular weight excluding hydrogens is 973 g/mol. The lowest BCUT2D eigenvalue weighted by Crippen LogP contribution is -2.30. The number of unbranched alkanes of at least 4 members (excludes halogenated alkanes) is 58. The average molecular weight is 1120 g/mol. The zero-order chi connectivity index (χ0) is 57.1. The predicted molar refractivity (Wildman–Crippen MR) is 344 cm³/mol. The second-order valence-corrected chi connectivity index (χ2v) is 25.2. The Morgan fingerprint density at radius 1 is 0.203 bits per heavy atom. The summed E-state index contributed by atoms with van der Waals surface area (Å²) in [6.45, 7) is 6.73. The monoisotopic (exact) mass is 1120 g/mol. The fourth-order valence-electron chi connectivity index (χ4n) is 11.6. The molecule has 0 amide bonds. The first kappa shape index (κ1) is 77.4. The van der Waals surface area contributed by atoms with E-state index in [1.54, 1.807) is 0 Å². The minimum Gasteiger partial charge on any atom is -0.462 e. The van der Waals surface area contributed by atoms with Crippen LogP contribution in [0.1, 0.15) is 432 Å². The van der Waals surface area contributed by atoms with Crippen molar-refractivity contribution in [3.8, 4) is 0 Å². The van der Waals surface area contributed by atoms with Crippen molar-refractivity contribution in [1.82, 2.24) is 0 Å². The van der Waals surface area contributed by atoms with Gasteiger partial charge in [0.05, 0.1) is 0 Å². The molecular formula is C73H142O6. The summed E-state index contributed by atoms with van der Waals surface area (Å²) < 4.78 is 17.0. The highest BCUT2D eigenvalue weighted by Crippen LogP contribution is 2.20. The third kappa shape index (κ3) is 67.1. The molecule has 0 aliphatic heterocycles. The molecule has 0 spiro atoms. The van der Waals surface area contributed by atoms with Gasteiger partial charge in [-0.15, -0.1) is 0 Å². The van der Waals surface area contributed by atoms with Crippen molar-refractivity contribution in [3.05, 3.63) is 0 Å². The van der Waals surface area contributed by atoms with Gasteiger partial charge in [-0.1, -0.05) is 393 Å². The molecule has 1 unspecified atom stereocenters. The molecule has 0 aromatic rings. The number of esters is 3. The first-order valence-corrected chi connectivity index (χ1v) is 36.5. The maximum Gasteiger partial charge on any atom is 0.306 e. The van der Waals surface area contributed by atoms with E-state index >= 15 is 0 Å². The summed E-state index contributed by atoms with van der Waals surface area (Å²) in [5.41, 5.74) is 0. The molecule has 0 heterocycles. The fourth-order valence-corrected chi connectivity index (χ4v) is 11.6. The lowest BCUT2D eigenvalue weighted by atomic mass is 10.0. The van der Waals surface area contributed by atoms with Crippen LogP contribution in [0.25, 0.3) is 0 Å². The van der Waals surface area contributed by atoms with Gasteiger partial charge < -0.3 is 14.2 Å². The van der Waals surface area contributed by atoms with Crippen LogP contribution in [0.2, 0.25) is 0 Å². The Morgan fingerprint density at radius 3 is 0.506 bits per heavy atom. The maximum absolute atomic E-state index is 12.9. The van der Waals surface area contributed by atoms with Crippen LogP contribution in [0.5, 0.6) is 0 Å². The topological polar surface area (TPSA) is 78.9 Å². The molecule has 6 nitrogen and oxygen atoms in total. The van der Waals surface area contributed by atoms with Crippen LogP contribution < -0.4 is 0 Å². The Balaban J connectivity index is 4.09. The van der Waals surface area contributed by atoms with E-state index < -0.39 is 6.10 Å². The van der Waals surface area contributed by atoms with Crippen molar-refractivity contribution in [2.24, 2.45) is 0 Å². The third-order valence-electron chi connectivity index (χ3n) is 17.1. The van der Waals surface area contributed by atoms with Gasteiger partial charge >= 0.3 is 17.9 Å². The normalized spacial score (nSPS) is 11.9. The number of ether oxygens (including phenoxy) is 3. The molecule has 0 aliphatic carbocycles. The highest BCUT2D eigenvalue weighted by molar-refractivity contribution is 5.71. The molecule has 0 radical (unpaired) electrons. The third-order valence-corrected chi connectivity index (χ3v) is 17.1. The molecule has 0 saturated carbocycles. The Kier molecular flexibility index (Phi) is 67.5. The molecule has 0 bridgehead atoms. The van der Waals surface area contributed by atoms with Crippen LogP contribution in [-0.4, -0.2) is 37.2 Å². The predicted octanol–water partition coefficient (Wildman–Crippen LogP) is 25.0. The van der Waals surface area contributed by atoms with Crippen LogP contribution in [0.3, 0.4) is 0 Å². The molecule has 79 heavy (non-hydrogen) atoms. The molecule has 0 aromatic heterocycles. The number of rotatable bonds is 69. The van der Waals surface area contributed by atoms with Gasteiger partial charge in [0.1, 0.15) is 13.2 Å². The Morgan fingerprint density at radius 2 is 0.342 bits per heavy atom. The summed E-state index contributed by atoms with van der Waals surface area (Å²) in [4.78, 5) is 38.4. The van der Waals surface area contributed by atoms with E-state index in [1.807, 2.05) is 0 Å². The fraction of sp³-hybridized carbons (Fsp3) is 0.959. The average Bonchev–Trinajstić information content (AvgIpc) is 3.45. The van der Waals surface area contributed by atoms with E-state index in [-0.39, 0.29) is 31.1 Å². The largest absolute Gasteiger partial charge is 0.462 e. The number of hydrogen-bond donors (Lipinski definition) is 0. The maximum atomic E-state index is 12.9. The molecule has 0 aliphatic rings. The standard InChI is InChI=1S/C73H142O6/c1-4-7-10-13-16-19-22-24-26-28-30-32-34-36-38-39-41-43-45-47-49-51-54-57-60-63-66-72(75)78-69-70(68-77-71(74)65-62-59-56-53-21-18-15-12-9-6-3)79-73(76)67-64-61-58-55-52-50-48-46-44-42-40-37-35-33-31-29-27-25-23-20-17-14-11-8-5-2/h70H,4-69H2,1-3H3. The molecule has 0 fully saturated rings. The van der Waals surface area contributed by atoms with E-state index in [4.69, 9.17) is 14.2 Å². The van der Waals surface area contributed by atoms with Crippen LogP contribution in [0.4, 0.5) is 0 Å². The summed E-state index contributed by atoms with van der Waals surface area (Å²) >= 11 is 0. The van der Waals surface area contributed by atoms with Crippen LogP contribution >= 0.6 is 0 Å². The van der Waals surface area contributed by atoms with Crippen molar-refractivity contribution < 1.29 is 28.6 Å². The number of carbonyl (C=O) groups excluding carboxylic acids is 3. The molecule has 1 atom stereocenters. The van der Waals surface area contributed by atoms with E-state index in [0.29, 0.717) is 19.3 Å². The van der Waals surface area contributed by atoms with Gasteiger partial charge in [-0.3, -0.25) is 14.4 Å². The van der Waals surface area contributed by atoms with Gasteiger partial charge in [-0.25, -0.2) is 0 Å². The summed E-state index contributed by atoms with van der Waals surface area (Å²) in [7, 11) is 0. The molecule has 0 rings (SSSR count). The van der Waals surface area contributed by atoms with E-state index in [0.717, 1.165) is 57.8 Å². The van der Waals surface area contributed by atoms with Gasteiger partial charge in [0, 0.05) is 19.3 Å². The highest BCUT2D eigenvalue weighted by Gasteiger charge is 2.20. The molecule has 0 aromatic carbocycles. The van der Waals surface area contributed by atoms with Crippen molar-refractivity contribution in [3.63, 3.8) is 0 Å². The lowest BCUT2D eigenvalue weighted by molar-refractivity contribution is -0.167. The smallest absolute Gasteiger partial charge is 0.306 e. The van der Waals surface area contributed by atoms with Gasteiger partial charge in [0.25, 0.3) is 0 Å². The number of carbonyl (C=O) groups is 3. The van der Waals surface area contributed by atoms with E-state index in [2.05, 4.69) is 20.8 Å². The molecule has 0 saturated heterocycles. The second-order valence-electron chi connectivity index (χ2n) is 25.2. The number of hydrogen-bond acceptors (Lipinski definition) is 6. The zero-order valence-electron chi connectivity index (χ0n) is 54.2. The van der Waals surface area contributed by atoms with Gasteiger partial charge in [-0.05, 0) is 19.3 Å². The first-order chi connectivity index (χ1) is 39.0. The van der Waals surface area contributed by atoms with Crippen LogP contribution in [0, 0.1) is 0 Å². The van der Waals surface area contributed by atoms with Crippen LogP contribution in [0.15, 0.2) is 0 Å². The minimum atomic E-state index is -0.763. The first-order valence-electron chi connectivity index (χ1n) is 36.5. The summed E-state index contributed by atoms with van der Waals surface area (Å²) in [5, 5.41) is 0. The quantitative estimate of drug-likeness (QED) is 0.0343. The summed E-state index contributed by atoms with van der Waals surface area (Å²) in [6, 6.07) is 0. The van der Waals surface area contributed by atoms with Crippen molar-refractivity contribution >= 4 is 17.9 Å². The zero-order valence-corrected chi connectivity index (χ0v) is 54.2. The Hall–Kier alpha value is -1.59. The van der Waals surface area contributed by atoms with Crippen LogP contribution in [-0.2, 0) is 28.6 Å². The van der Waals surface area contributed by atoms with Crippen molar-refractivity contribution in [2.45, 2.75) is 438 Å². The Labute approximate surface area is 495 Å². The lowest BCUT2D eigenvalue weighted by Gasteiger charge is -2.18. The molecule has 6 heteroatoms. The molecule has 0 N–H and O–H groups in total. The minimum absolute atomic E-state index is 0.0605.